The lowest BCUT2D eigenvalue weighted by Crippen LogP contribution is -2.48. The van der Waals surface area contributed by atoms with E-state index in [1.54, 1.807) is 12.1 Å². The predicted octanol–water partition coefficient (Wildman–Crippen LogP) is 1.56. The second kappa shape index (κ2) is 5.63. The summed E-state index contributed by atoms with van der Waals surface area (Å²) in [5.41, 5.74) is 0.405. The third kappa shape index (κ3) is 3.27. The van der Waals surface area contributed by atoms with Crippen molar-refractivity contribution in [3.63, 3.8) is 0 Å². The Bertz CT molecular complexity index is 530. The maximum Gasteiger partial charge on any atom is 0.301 e. The normalized spacial score (nSPS) is 17.7. The summed E-state index contributed by atoms with van der Waals surface area (Å²) in [6, 6.07) is 4.62. The van der Waals surface area contributed by atoms with Crippen molar-refractivity contribution in [2.75, 3.05) is 30.9 Å². The minimum Gasteiger partial charge on any atom is -0.314 e. The number of piperazine rings is 1. The van der Waals surface area contributed by atoms with E-state index < -0.39 is 10.2 Å². The first-order valence-electron chi connectivity index (χ1n) is 5.43. The van der Waals surface area contributed by atoms with Crippen molar-refractivity contribution in [1.82, 2.24) is 9.62 Å². The molecule has 1 heterocycles. The molecule has 0 atom stereocenters. The molecule has 2 rings (SSSR count). The van der Waals surface area contributed by atoms with Gasteiger partial charge in [0.1, 0.15) is 0 Å². The summed E-state index contributed by atoms with van der Waals surface area (Å²) in [6.45, 7) is 2.22. The fraction of sp³-hybridized carbons (Fsp3) is 0.400. The molecule has 1 aliphatic rings. The van der Waals surface area contributed by atoms with E-state index in [4.69, 9.17) is 23.2 Å². The molecule has 0 amide bonds. The van der Waals surface area contributed by atoms with Crippen LogP contribution in [0, 0.1) is 0 Å². The van der Waals surface area contributed by atoms with Crippen molar-refractivity contribution in [1.29, 1.82) is 0 Å². The molecule has 1 aromatic rings. The zero-order valence-electron chi connectivity index (χ0n) is 9.49. The molecule has 1 saturated heterocycles. The van der Waals surface area contributed by atoms with Crippen LogP contribution in [0.5, 0.6) is 0 Å². The Hall–Kier alpha value is -0.530. The van der Waals surface area contributed by atoms with Gasteiger partial charge >= 0.3 is 10.2 Å². The molecule has 18 heavy (non-hydrogen) atoms. The molecule has 100 valence electrons. The molecule has 0 aromatic heterocycles. The molecular formula is C10H13Cl2N3O2S. The van der Waals surface area contributed by atoms with Gasteiger partial charge in [0.25, 0.3) is 0 Å². The van der Waals surface area contributed by atoms with E-state index in [1.807, 2.05) is 0 Å². The first-order valence-corrected chi connectivity index (χ1v) is 7.62. The second-order valence-corrected chi connectivity index (χ2v) is 6.37. The third-order valence-electron chi connectivity index (χ3n) is 2.58. The number of halogens is 2. The first kappa shape index (κ1) is 13.9. The van der Waals surface area contributed by atoms with Gasteiger partial charge in [0.05, 0.1) is 15.7 Å². The summed E-state index contributed by atoms with van der Waals surface area (Å²) in [4.78, 5) is 0. The van der Waals surface area contributed by atoms with Gasteiger partial charge in [-0.3, -0.25) is 4.72 Å². The Morgan fingerprint density at radius 2 is 1.83 bits per heavy atom. The van der Waals surface area contributed by atoms with Gasteiger partial charge in [0.2, 0.25) is 0 Å². The highest BCUT2D eigenvalue weighted by Gasteiger charge is 2.23. The Morgan fingerprint density at radius 3 is 2.44 bits per heavy atom. The average molecular weight is 310 g/mol. The van der Waals surface area contributed by atoms with Crippen molar-refractivity contribution in [3.8, 4) is 0 Å². The SMILES string of the molecule is O=S(=O)(Nc1ccc(Cl)c(Cl)c1)N1CCNCC1. The highest BCUT2D eigenvalue weighted by atomic mass is 35.5. The van der Waals surface area contributed by atoms with E-state index in [0.29, 0.717) is 41.9 Å². The van der Waals surface area contributed by atoms with E-state index >= 15 is 0 Å². The summed E-state index contributed by atoms with van der Waals surface area (Å²) >= 11 is 11.6. The molecule has 1 aromatic carbocycles. The maximum absolute atomic E-state index is 12.1. The van der Waals surface area contributed by atoms with Crippen LogP contribution in [0.3, 0.4) is 0 Å². The van der Waals surface area contributed by atoms with Gasteiger partial charge in [-0.2, -0.15) is 12.7 Å². The van der Waals surface area contributed by atoms with Crippen molar-refractivity contribution in [2.24, 2.45) is 0 Å². The molecule has 0 bridgehead atoms. The lowest BCUT2D eigenvalue weighted by atomic mass is 10.3. The largest absolute Gasteiger partial charge is 0.314 e. The van der Waals surface area contributed by atoms with Gasteiger partial charge < -0.3 is 5.32 Å². The molecule has 5 nitrogen and oxygen atoms in total. The predicted molar refractivity (Wildman–Crippen MR) is 73.4 cm³/mol. The van der Waals surface area contributed by atoms with Gasteiger partial charge in [0.15, 0.2) is 0 Å². The zero-order chi connectivity index (χ0) is 13.2. The van der Waals surface area contributed by atoms with Crippen LogP contribution in [-0.4, -0.2) is 38.9 Å². The number of rotatable bonds is 3. The Balaban J connectivity index is 2.13. The Kier molecular flexibility index (Phi) is 4.34. The van der Waals surface area contributed by atoms with E-state index in [2.05, 4.69) is 10.0 Å². The van der Waals surface area contributed by atoms with Crippen molar-refractivity contribution in [3.05, 3.63) is 28.2 Å². The van der Waals surface area contributed by atoms with Crippen LogP contribution in [0.2, 0.25) is 10.0 Å². The van der Waals surface area contributed by atoms with Crippen molar-refractivity contribution >= 4 is 39.1 Å². The number of hydrogen-bond acceptors (Lipinski definition) is 3. The standard InChI is InChI=1S/C10H13Cl2N3O2S/c11-9-2-1-8(7-10(9)12)14-18(16,17)15-5-3-13-4-6-15/h1-2,7,13-14H,3-6H2. The smallest absolute Gasteiger partial charge is 0.301 e. The quantitative estimate of drug-likeness (QED) is 0.890. The molecule has 2 N–H and O–H groups in total. The summed E-state index contributed by atoms with van der Waals surface area (Å²) in [7, 11) is -3.52. The van der Waals surface area contributed by atoms with Crippen molar-refractivity contribution < 1.29 is 8.42 Å². The zero-order valence-corrected chi connectivity index (χ0v) is 11.8. The molecule has 8 heteroatoms. The van der Waals surface area contributed by atoms with Gasteiger partial charge in [-0.25, -0.2) is 0 Å². The third-order valence-corrected chi connectivity index (χ3v) is 4.86. The first-order chi connectivity index (χ1) is 8.49. The maximum atomic E-state index is 12.1. The fourth-order valence-corrected chi connectivity index (χ4v) is 3.17. The molecule has 1 aliphatic heterocycles. The molecular weight excluding hydrogens is 297 g/mol. The average Bonchev–Trinajstić information content (AvgIpc) is 2.35. The number of nitrogens with one attached hydrogen (secondary N) is 2. The van der Waals surface area contributed by atoms with E-state index in [9.17, 15) is 8.42 Å². The summed E-state index contributed by atoms with van der Waals surface area (Å²) in [5.74, 6) is 0. The van der Waals surface area contributed by atoms with Gasteiger partial charge in [0, 0.05) is 26.2 Å². The van der Waals surface area contributed by atoms with Crippen molar-refractivity contribution in [2.45, 2.75) is 0 Å². The molecule has 0 aliphatic carbocycles. The minimum absolute atomic E-state index is 0.317. The molecule has 0 unspecified atom stereocenters. The van der Waals surface area contributed by atoms with Crippen LogP contribution in [0.15, 0.2) is 18.2 Å². The lowest BCUT2D eigenvalue weighted by molar-refractivity contribution is 0.362. The molecule has 0 radical (unpaired) electrons. The number of benzene rings is 1. The van der Waals surface area contributed by atoms with Gasteiger partial charge in [-0.05, 0) is 18.2 Å². The minimum atomic E-state index is -3.52. The monoisotopic (exact) mass is 309 g/mol. The molecule has 0 spiro atoms. The highest BCUT2D eigenvalue weighted by molar-refractivity contribution is 7.90. The van der Waals surface area contributed by atoms with E-state index in [0.717, 1.165) is 0 Å². The van der Waals surface area contributed by atoms with Crippen LogP contribution < -0.4 is 10.0 Å². The van der Waals surface area contributed by atoms with Crippen LogP contribution in [0.1, 0.15) is 0 Å². The molecule has 1 fully saturated rings. The summed E-state index contributed by atoms with van der Waals surface area (Å²) < 4.78 is 28.0. The number of anilines is 1. The Morgan fingerprint density at radius 1 is 1.17 bits per heavy atom. The number of hydrogen-bond donors (Lipinski definition) is 2. The van der Waals surface area contributed by atoms with E-state index in [1.165, 1.54) is 10.4 Å². The van der Waals surface area contributed by atoms with E-state index in [-0.39, 0.29) is 0 Å². The fourth-order valence-electron chi connectivity index (χ4n) is 1.66. The Labute approximate surface area is 116 Å². The molecule has 0 saturated carbocycles. The highest BCUT2D eigenvalue weighted by Crippen LogP contribution is 2.25. The van der Waals surface area contributed by atoms with Crippen LogP contribution in [0.25, 0.3) is 0 Å². The van der Waals surface area contributed by atoms with Crippen LogP contribution in [0.4, 0.5) is 5.69 Å². The second-order valence-electron chi connectivity index (χ2n) is 3.89. The van der Waals surface area contributed by atoms with Gasteiger partial charge in [-0.1, -0.05) is 23.2 Å². The summed E-state index contributed by atoms with van der Waals surface area (Å²) in [5, 5.41) is 3.80. The van der Waals surface area contributed by atoms with Crippen LogP contribution >= 0.6 is 23.2 Å². The van der Waals surface area contributed by atoms with Gasteiger partial charge in [-0.15, -0.1) is 0 Å². The summed E-state index contributed by atoms with van der Waals surface area (Å²) in [6.07, 6.45) is 0. The topological polar surface area (TPSA) is 61.4 Å². The van der Waals surface area contributed by atoms with Crippen LogP contribution in [-0.2, 0) is 10.2 Å². The number of nitrogens with zero attached hydrogens (tertiary/aromatic N) is 1. The lowest BCUT2D eigenvalue weighted by Gasteiger charge is -2.26.